The van der Waals surface area contributed by atoms with Gasteiger partial charge in [-0.3, -0.25) is 10.2 Å². The molecule has 0 aliphatic heterocycles. The van der Waals surface area contributed by atoms with Crippen LogP contribution in [-0.4, -0.2) is 149 Å². The summed E-state index contributed by atoms with van der Waals surface area (Å²) in [5, 5.41) is 36.4. The number of alkyl halides is 1. The molecule has 0 bridgehead atoms. The molecule has 4 aromatic carbocycles. The largest absolute Gasteiger partial charge is 0.505 e. The zero-order valence-electron chi connectivity index (χ0n) is 76.0. The molecule has 0 spiro atoms. The number of nitrogens with two attached hydrogens (primary N) is 1. The number of aromatic nitrogens is 18. The summed E-state index contributed by atoms with van der Waals surface area (Å²) in [6.07, 6.45) is 10.8. The molecule has 18 rings (SSSR count). The van der Waals surface area contributed by atoms with Gasteiger partial charge in [0.2, 0.25) is 0 Å². The number of halogens is 6. The van der Waals surface area contributed by atoms with Crippen molar-refractivity contribution in [3.8, 4) is 63.5 Å². The van der Waals surface area contributed by atoms with E-state index in [9.17, 15) is 24.4 Å². The Bertz CT molecular complexity index is 6970. The van der Waals surface area contributed by atoms with Crippen LogP contribution in [0.5, 0.6) is 0 Å². The van der Waals surface area contributed by atoms with Crippen LogP contribution in [-0.2, 0) is 61.6 Å². The molecular formula is C100H94BBr6N23O7. The Labute approximate surface area is 842 Å². The van der Waals surface area contributed by atoms with Gasteiger partial charge in [0.15, 0.2) is 34.9 Å². The lowest BCUT2D eigenvalue weighted by Gasteiger charge is -2.25. The fraction of sp³-hybridized carbons (Fsp3) is 0.150. The van der Waals surface area contributed by atoms with Gasteiger partial charge in [0.25, 0.3) is 0 Å². The second-order valence-electron chi connectivity index (χ2n) is 30.3. The van der Waals surface area contributed by atoms with Crippen molar-refractivity contribution >= 4 is 165 Å². The predicted octanol–water partition coefficient (Wildman–Crippen LogP) is 20.0. The van der Waals surface area contributed by atoms with Gasteiger partial charge in [0.1, 0.15) is 74.9 Å². The molecular weight excluding hydrogens is 2130 g/mol. The summed E-state index contributed by atoms with van der Waals surface area (Å²) in [5.41, 5.74) is 21.6. The summed E-state index contributed by atoms with van der Waals surface area (Å²) in [6, 6.07) is 79.7. The van der Waals surface area contributed by atoms with Crippen LogP contribution in [0.25, 0.3) is 79.3 Å². The second kappa shape index (κ2) is 51.1. The Morgan fingerprint density at radius 3 is 1.15 bits per heavy atom. The number of carbonyl (C=O) groups excluding carboxylic acids is 3. The third kappa shape index (κ3) is 30.3. The Hall–Kier alpha value is -14.0. The van der Waals surface area contributed by atoms with Crippen molar-refractivity contribution in [2.24, 2.45) is 26.9 Å². The minimum Gasteiger partial charge on any atom is -0.465 e. The van der Waals surface area contributed by atoms with Crippen molar-refractivity contribution in [1.29, 1.82) is 10.7 Å². The van der Waals surface area contributed by atoms with Gasteiger partial charge in [0, 0.05) is 107 Å². The number of methoxy groups -OCH3 is 2. The van der Waals surface area contributed by atoms with E-state index in [1.54, 1.807) is 54.9 Å². The molecule has 696 valence electrons. The Morgan fingerprint density at radius 2 is 0.810 bits per heavy atom. The number of rotatable bonds is 20. The van der Waals surface area contributed by atoms with Gasteiger partial charge in [-0.15, -0.1) is 0 Å². The summed E-state index contributed by atoms with van der Waals surface area (Å²) < 4.78 is 19.8. The van der Waals surface area contributed by atoms with E-state index in [-0.39, 0.29) is 22.8 Å². The fourth-order valence-corrected chi connectivity index (χ4v) is 15.3. The highest BCUT2D eigenvalue weighted by Crippen LogP contribution is 2.36. The zero-order valence-corrected chi connectivity index (χ0v) is 85.5. The Morgan fingerprint density at radius 1 is 0.453 bits per heavy atom. The number of fused-ring (bicyclic) bond motifs is 2. The van der Waals surface area contributed by atoms with E-state index in [2.05, 4.69) is 194 Å². The van der Waals surface area contributed by atoms with Gasteiger partial charge in [-0.05, 0) is 221 Å². The first-order chi connectivity index (χ1) is 65.9. The predicted molar refractivity (Wildman–Crippen MR) is 556 cm³/mol. The van der Waals surface area contributed by atoms with Crippen molar-refractivity contribution < 1.29 is 33.9 Å². The summed E-state index contributed by atoms with van der Waals surface area (Å²) >= 11 is 19.3. The molecule has 30 nitrogen and oxygen atoms in total. The lowest BCUT2D eigenvalue weighted by molar-refractivity contribution is -0.114. The number of benzene rings is 4. The van der Waals surface area contributed by atoms with Crippen LogP contribution in [0.4, 0.5) is 11.6 Å². The molecule has 37 heteroatoms. The first-order valence-electron chi connectivity index (χ1n) is 42.1. The number of nitrogens with one attached hydrogen (secondary N) is 4. The number of carbonyl (C=O) groups is 3. The van der Waals surface area contributed by atoms with Gasteiger partial charge in [-0.25, -0.2) is 69.4 Å². The average Bonchev–Trinajstić information content (AvgIpc) is 1.61. The quantitative estimate of drug-likeness (QED) is 0.00930. The van der Waals surface area contributed by atoms with Gasteiger partial charge < -0.3 is 63.7 Å². The lowest BCUT2D eigenvalue weighted by Crippen LogP contribution is -2.30. The maximum atomic E-state index is 12.8. The number of ether oxygens (including phenoxy) is 2. The summed E-state index contributed by atoms with van der Waals surface area (Å²) in [7, 11) is 6.87. The number of Topliss-reactive ketones (excluding diaryl/α,β-unsaturated/α-hetero) is 1. The highest BCUT2D eigenvalue weighted by atomic mass is 79.9. The van der Waals surface area contributed by atoms with Crippen molar-refractivity contribution in [2.45, 2.75) is 60.8 Å². The normalized spacial score (nSPS) is 10.4. The van der Waals surface area contributed by atoms with Crippen LogP contribution < -0.4 is 21.1 Å². The SMILES string of the molecule is CC(=O)CBr.COC(=O)c1cnc(N(Cc2ccccc2)Cc2ccccc2)c2[nH]c(-c3cccc(-c4nc(C)cn4C)n3)cc12.COC(=O)c1cnc(N(Cc2ccccc2)Cc2ccccc2)c2[nH]c(B(O)O)cc12.Cc1cn(C)c(-c2cccc(Br)n2)n1.Cc1cn(C)c(-c2cccc(Br)n2)n1.Cc1cnc(-c2cccc(Br)n2)[nH]1.N#Cc1cccc(Br)n1.N=C(N)c1cccc(Br)n1. The molecule has 0 aliphatic carbocycles. The fourth-order valence-electron chi connectivity index (χ4n) is 13.6. The molecule has 0 unspecified atom stereocenters. The van der Waals surface area contributed by atoms with Crippen LogP contribution in [0.3, 0.4) is 0 Å². The number of imidazole rings is 4. The number of aryl methyl sites for hydroxylation is 7. The number of anilines is 2. The number of aromatic amines is 3. The van der Waals surface area contributed by atoms with E-state index in [1.165, 1.54) is 27.3 Å². The van der Waals surface area contributed by atoms with Crippen LogP contribution >= 0.6 is 95.6 Å². The molecule has 0 fully saturated rings. The van der Waals surface area contributed by atoms with Crippen LogP contribution in [0.15, 0.2) is 303 Å². The number of amidine groups is 1. The van der Waals surface area contributed by atoms with Gasteiger partial charge in [-0.1, -0.05) is 174 Å². The molecule has 0 aliphatic rings. The molecule has 137 heavy (non-hydrogen) atoms. The number of ketones is 1. The number of pyridine rings is 8. The molecule has 0 amide bonds. The molecule has 0 saturated carbocycles. The summed E-state index contributed by atoms with van der Waals surface area (Å²) in [4.78, 5) is 102. The Kier molecular flexibility index (Phi) is 38.6. The number of nitrogens with zero attached hydrogens (tertiary/aromatic N) is 18. The van der Waals surface area contributed by atoms with Gasteiger partial charge >= 0.3 is 19.1 Å². The first-order valence-corrected chi connectivity index (χ1v) is 47.2. The number of esters is 2. The molecule has 14 aromatic heterocycles. The highest BCUT2D eigenvalue weighted by molar-refractivity contribution is 9.11. The topological polar surface area (TPSA) is 407 Å². The van der Waals surface area contributed by atoms with Crippen LogP contribution in [0.2, 0.25) is 0 Å². The van der Waals surface area contributed by atoms with E-state index < -0.39 is 19.1 Å². The number of H-pyrrole nitrogens is 3. The van der Waals surface area contributed by atoms with Crippen molar-refractivity contribution in [3.05, 3.63) is 370 Å². The van der Waals surface area contributed by atoms with Crippen LogP contribution in [0.1, 0.15) is 84.1 Å². The number of hydrogen-bond donors (Lipinski definition) is 7. The van der Waals surface area contributed by atoms with Crippen molar-refractivity contribution in [1.82, 2.24) is 88.5 Å². The molecule has 8 N–H and O–H groups in total. The average molecular weight is 2220 g/mol. The van der Waals surface area contributed by atoms with Crippen molar-refractivity contribution in [3.63, 3.8) is 0 Å². The highest BCUT2D eigenvalue weighted by Gasteiger charge is 2.26. The van der Waals surface area contributed by atoms with Gasteiger partial charge in [-0.2, -0.15) is 5.26 Å². The molecule has 0 saturated heterocycles. The lowest BCUT2D eigenvalue weighted by atomic mass is 9.86. The number of hydrogen-bond acceptors (Lipinski definition) is 23. The van der Waals surface area contributed by atoms with Crippen molar-refractivity contribution in [2.75, 3.05) is 29.3 Å². The minimum atomic E-state index is -1.71. The molecule has 14 heterocycles. The minimum absolute atomic E-state index is 0.0127. The Balaban J connectivity index is 0.000000164. The summed E-state index contributed by atoms with van der Waals surface area (Å²) in [5.74, 6) is 3.89. The molecule has 0 radical (unpaired) electrons. The van der Waals surface area contributed by atoms with Gasteiger partial charge in [0.05, 0.1) is 70.2 Å². The standard InChI is InChI=1S/C33H30N6O2.C23H22BN3O4.2C10H10BrN3.C9H8BrN3.C6H6BrN3.C6H3BrN2.C3H5BrO/c1-22-19-38(2)31(35-22)28-16-10-15-27(36-28)29-17-25-26(33(40)41-3)18-34-32(30(25)37-29)39(20-23-11-6-4-7-12-23)21-24-13-8-5-9-14-24;1-31-23(28)19-13-25-22(21-18(19)12-20(26-21)24(29)30)27(14-16-8-4-2-5-9-16)15-17-10-6-3-7-11-17;2*1-7-6-14(2)10(12-7)8-4-3-5-9(11)13-8;1-6-5-11-9(12-6)7-3-2-4-8(10)13-7;7-5-3-1-2-4(10-5)6(8)9;7-6-3-1-2-5(4-8)9-6;1-3(5)2-4/h4-19,37H,20-21H2,1-3H3;2-13,26,29-30H,14-15H2,1H3;2*3-6H,1-2H3;2-5H,1H3,(H,11,12);1-3H,(H3,8,9);1-3H;2H2,1H3. The van der Waals surface area contributed by atoms with E-state index in [1.807, 2.05) is 263 Å². The third-order valence-electron chi connectivity index (χ3n) is 19.7. The third-order valence-corrected chi connectivity index (χ3v) is 22.7. The number of nitriles is 1. The van der Waals surface area contributed by atoms with E-state index >= 15 is 0 Å². The zero-order chi connectivity index (χ0) is 98.2. The van der Waals surface area contributed by atoms with Crippen LogP contribution in [0, 0.1) is 44.4 Å². The van der Waals surface area contributed by atoms with E-state index in [0.29, 0.717) is 74.4 Å². The second-order valence-corrected chi connectivity index (χ2v) is 35.0. The molecule has 0 atom stereocenters. The smallest absolute Gasteiger partial charge is 0.465 e. The maximum absolute atomic E-state index is 12.8. The van der Waals surface area contributed by atoms with E-state index in [4.69, 9.17) is 35.8 Å². The maximum Gasteiger partial charge on any atom is 0.505 e. The van der Waals surface area contributed by atoms with E-state index in [0.717, 1.165) is 133 Å². The molecule has 18 aromatic rings. The first kappa shape index (κ1) is 104. The monoisotopic (exact) mass is 2210 g/mol. The summed E-state index contributed by atoms with van der Waals surface area (Å²) in [6.45, 7) is 11.8. The number of nitrogen functional groups attached to an aromatic ring is 1.